The van der Waals surface area contributed by atoms with Crippen molar-refractivity contribution >= 4 is 42.4 Å². The Morgan fingerprint density at radius 1 is 1.22 bits per heavy atom. The fourth-order valence-electron chi connectivity index (χ4n) is 3.48. The molecule has 3 rings (SSSR count). The third-order valence-electron chi connectivity index (χ3n) is 5.25. The zero-order chi connectivity index (χ0) is 21.5. The van der Waals surface area contributed by atoms with Gasteiger partial charge in [-0.1, -0.05) is 36.4 Å². The number of nitrogens with zero attached hydrogens (tertiary/aromatic N) is 2. The molecule has 0 aliphatic carbocycles. The van der Waals surface area contributed by atoms with Crippen LogP contribution in [0.5, 0.6) is 0 Å². The largest absolute Gasteiger partial charge is 0.384 e. The highest BCUT2D eigenvalue weighted by atomic mass is 35.5. The number of aromatic nitrogens is 1. The number of halogens is 2. The summed E-state index contributed by atoms with van der Waals surface area (Å²) in [4.78, 5) is 31.5. The summed E-state index contributed by atoms with van der Waals surface area (Å²) in [5.41, 5.74) is 8.54. The number of rotatable bonds is 7. The summed E-state index contributed by atoms with van der Waals surface area (Å²) in [6.07, 6.45) is 0. The summed E-state index contributed by atoms with van der Waals surface area (Å²) in [7, 11) is 0. The van der Waals surface area contributed by atoms with Gasteiger partial charge in [-0.2, -0.15) is 0 Å². The third-order valence-corrected chi connectivity index (χ3v) is 5.25. The Balaban J connectivity index is 0.00000256. The number of nitrogens with one attached hydrogen (secondary N) is 3. The second-order valence-electron chi connectivity index (χ2n) is 7.66. The van der Waals surface area contributed by atoms with Gasteiger partial charge < -0.3 is 21.7 Å². The quantitative estimate of drug-likeness (QED) is 0.474. The SMILES string of the molecule is Cc1nc(N)ccc1CNC(=O)[C@H](C)NC(=O)[C@H]1CN(Cc2ccccc2)CCN1.Cl.Cl. The first-order valence-electron chi connectivity index (χ1n) is 10.2. The van der Waals surface area contributed by atoms with Crippen molar-refractivity contribution in [2.75, 3.05) is 25.4 Å². The predicted octanol–water partition coefficient (Wildman–Crippen LogP) is 1.41. The van der Waals surface area contributed by atoms with E-state index in [1.165, 1.54) is 5.56 Å². The fraction of sp³-hybridized carbons (Fsp3) is 0.409. The molecule has 2 aromatic rings. The van der Waals surface area contributed by atoms with Crippen molar-refractivity contribution in [3.05, 3.63) is 59.3 Å². The Bertz CT molecular complexity index is 884. The Morgan fingerprint density at radius 3 is 2.62 bits per heavy atom. The Labute approximate surface area is 201 Å². The molecule has 0 bridgehead atoms. The van der Waals surface area contributed by atoms with E-state index >= 15 is 0 Å². The number of aryl methyl sites for hydroxylation is 1. The molecule has 2 atom stereocenters. The van der Waals surface area contributed by atoms with Crippen LogP contribution < -0.4 is 21.7 Å². The van der Waals surface area contributed by atoms with E-state index in [9.17, 15) is 9.59 Å². The minimum Gasteiger partial charge on any atom is -0.384 e. The molecule has 1 aromatic carbocycles. The molecule has 1 aliphatic rings. The maximum Gasteiger partial charge on any atom is 0.242 e. The van der Waals surface area contributed by atoms with Gasteiger partial charge in [0.2, 0.25) is 11.8 Å². The molecule has 176 valence electrons. The van der Waals surface area contributed by atoms with Crippen LogP contribution in [0.25, 0.3) is 0 Å². The van der Waals surface area contributed by atoms with Crippen molar-refractivity contribution in [2.24, 2.45) is 0 Å². The van der Waals surface area contributed by atoms with Gasteiger partial charge in [0.25, 0.3) is 0 Å². The van der Waals surface area contributed by atoms with E-state index in [4.69, 9.17) is 5.73 Å². The lowest BCUT2D eigenvalue weighted by atomic mass is 10.1. The third kappa shape index (κ3) is 7.94. The van der Waals surface area contributed by atoms with Gasteiger partial charge in [0, 0.05) is 38.4 Å². The summed E-state index contributed by atoms with van der Waals surface area (Å²) in [5.74, 6) is 0.0433. The molecule has 5 N–H and O–H groups in total. The van der Waals surface area contributed by atoms with Gasteiger partial charge in [-0.05, 0) is 31.0 Å². The Morgan fingerprint density at radius 2 is 1.94 bits per heavy atom. The molecular weight excluding hydrogens is 451 g/mol. The minimum atomic E-state index is -0.633. The Hall–Kier alpha value is -2.39. The maximum absolute atomic E-state index is 12.7. The molecule has 8 nitrogen and oxygen atoms in total. The molecule has 32 heavy (non-hydrogen) atoms. The van der Waals surface area contributed by atoms with Crippen molar-refractivity contribution in [1.29, 1.82) is 0 Å². The molecule has 1 saturated heterocycles. The van der Waals surface area contributed by atoms with Crippen molar-refractivity contribution in [3.63, 3.8) is 0 Å². The van der Waals surface area contributed by atoms with Crippen molar-refractivity contribution in [3.8, 4) is 0 Å². The van der Waals surface area contributed by atoms with Gasteiger partial charge in [-0.25, -0.2) is 4.98 Å². The van der Waals surface area contributed by atoms with Gasteiger partial charge in [0.1, 0.15) is 11.9 Å². The van der Waals surface area contributed by atoms with Crippen molar-refractivity contribution < 1.29 is 9.59 Å². The van der Waals surface area contributed by atoms with Crippen LogP contribution in [-0.4, -0.2) is 53.4 Å². The van der Waals surface area contributed by atoms with Crippen molar-refractivity contribution in [2.45, 2.75) is 39.0 Å². The smallest absolute Gasteiger partial charge is 0.242 e. The number of carbonyl (C=O) groups excluding carboxylic acids is 2. The van der Waals surface area contributed by atoms with E-state index in [-0.39, 0.29) is 42.7 Å². The first-order chi connectivity index (χ1) is 14.4. The highest BCUT2D eigenvalue weighted by Gasteiger charge is 2.27. The lowest BCUT2D eigenvalue weighted by molar-refractivity contribution is -0.130. The number of nitrogen functional groups attached to an aromatic ring is 1. The summed E-state index contributed by atoms with van der Waals surface area (Å²) in [5, 5.41) is 8.91. The number of hydrogen-bond acceptors (Lipinski definition) is 6. The van der Waals surface area contributed by atoms with Crippen LogP contribution in [0.4, 0.5) is 5.82 Å². The Kier molecular flexibility index (Phi) is 11.4. The predicted molar refractivity (Wildman–Crippen MR) is 131 cm³/mol. The lowest BCUT2D eigenvalue weighted by Gasteiger charge is -2.33. The maximum atomic E-state index is 12.7. The number of piperazine rings is 1. The number of benzene rings is 1. The average molecular weight is 483 g/mol. The highest BCUT2D eigenvalue weighted by molar-refractivity contribution is 5.89. The van der Waals surface area contributed by atoms with Crippen LogP contribution in [0, 0.1) is 6.92 Å². The molecular formula is C22H32Cl2N6O2. The summed E-state index contributed by atoms with van der Waals surface area (Å²) in [6.45, 7) is 6.89. The number of anilines is 1. The molecule has 1 aromatic heterocycles. The number of amides is 2. The van der Waals surface area contributed by atoms with E-state index < -0.39 is 6.04 Å². The van der Waals surface area contributed by atoms with E-state index in [2.05, 4.69) is 38.0 Å². The first kappa shape index (κ1) is 27.6. The zero-order valence-corrected chi connectivity index (χ0v) is 20.0. The minimum absolute atomic E-state index is 0. The molecule has 2 heterocycles. The van der Waals surface area contributed by atoms with Gasteiger partial charge in [0.15, 0.2) is 0 Å². The van der Waals surface area contributed by atoms with Gasteiger partial charge >= 0.3 is 0 Å². The number of pyridine rings is 1. The molecule has 0 unspecified atom stereocenters. The van der Waals surface area contributed by atoms with Gasteiger partial charge in [-0.3, -0.25) is 14.5 Å². The van der Waals surface area contributed by atoms with Crippen LogP contribution in [0.1, 0.15) is 23.7 Å². The van der Waals surface area contributed by atoms with E-state index in [1.54, 1.807) is 13.0 Å². The number of hydrogen-bond donors (Lipinski definition) is 4. The van der Waals surface area contributed by atoms with Crippen molar-refractivity contribution in [1.82, 2.24) is 25.8 Å². The number of carbonyl (C=O) groups is 2. The van der Waals surface area contributed by atoms with Crippen LogP contribution in [0.15, 0.2) is 42.5 Å². The molecule has 10 heteroatoms. The fourth-order valence-corrected chi connectivity index (χ4v) is 3.48. The second-order valence-corrected chi connectivity index (χ2v) is 7.66. The lowest BCUT2D eigenvalue weighted by Crippen LogP contribution is -2.59. The molecule has 0 saturated carbocycles. The molecule has 0 radical (unpaired) electrons. The topological polar surface area (TPSA) is 112 Å². The van der Waals surface area contributed by atoms with Crippen LogP contribution in [-0.2, 0) is 22.7 Å². The summed E-state index contributed by atoms with van der Waals surface area (Å²) >= 11 is 0. The molecule has 1 aliphatic heterocycles. The van der Waals surface area contributed by atoms with E-state index in [1.807, 2.05) is 31.2 Å². The second kappa shape index (κ2) is 13.2. The normalized spacial score (nSPS) is 16.8. The summed E-state index contributed by atoms with van der Waals surface area (Å²) < 4.78 is 0. The monoisotopic (exact) mass is 482 g/mol. The molecule has 2 amide bonds. The summed E-state index contributed by atoms with van der Waals surface area (Å²) in [6, 6.07) is 12.8. The van der Waals surface area contributed by atoms with Gasteiger partial charge in [0.05, 0.1) is 6.04 Å². The average Bonchev–Trinajstić information content (AvgIpc) is 2.73. The van der Waals surface area contributed by atoms with Gasteiger partial charge in [-0.15, -0.1) is 24.8 Å². The van der Waals surface area contributed by atoms with Crippen LogP contribution in [0.3, 0.4) is 0 Å². The van der Waals surface area contributed by atoms with E-state index in [0.717, 1.165) is 30.9 Å². The highest BCUT2D eigenvalue weighted by Crippen LogP contribution is 2.09. The first-order valence-corrected chi connectivity index (χ1v) is 10.2. The van der Waals surface area contributed by atoms with Crippen LogP contribution >= 0.6 is 24.8 Å². The van der Waals surface area contributed by atoms with Crippen LogP contribution in [0.2, 0.25) is 0 Å². The molecule has 1 fully saturated rings. The van der Waals surface area contributed by atoms with E-state index in [0.29, 0.717) is 18.9 Å². The molecule has 0 spiro atoms. The standard InChI is InChI=1S/C22H30N6O2.2ClH/c1-15-18(8-9-20(23)26-15)12-25-21(29)16(2)27-22(30)19-14-28(11-10-24-19)13-17-6-4-3-5-7-17;;/h3-9,16,19,24H,10-14H2,1-2H3,(H2,23,26)(H,25,29)(H,27,30);2*1H/t16-,19+;;/m0../s1. The zero-order valence-electron chi connectivity index (χ0n) is 18.3. The number of nitrogens with two attached hydrogens (primary N) is 1.